The summed E-state index contributed by atoms with van der Waals surface area (Å²) in [6, 6.07) is 5.47. The second-order valence-corrected chi connectivity index (χ2v) is 5.58. The van der Waals surface area contributed by atoms with E-state index in [0.29, 0.717) is 5.75 Å². The van der Waals surface area contributed by atoms with Gasteiger partial charge in [-0.15, -0.1) is 0 Å². The summed E-state index contributed by atoms with van der Waals surface area (Å²) in [6.07, 6.45) is 5.15. The molecule has 1 aromatic heterocycles. The molecule has 0 radical (unpaired) electrons. The molecule has 3 nitrogen and oxygen atoms in total. The zero-order valence-electron chi connectivity index (χ0n) is 11.4. The highest BCUT2D eigenvalue weighted by atomic mass is 16.3. The van der Waals surface area contributed by atoms with Gasteiger partial charge in [-0.1, -0.05) is 12.2 Å². The molecular formula is C17H16N2O. The molecule has 0 amide bonds. The molecule has 1 aromatic carbocycles. The van der Waals surface area contributed by atoms with E-state index in [4.69, 9.17) is 0 Å². The molecule has 0 saturated heterocycles. The van der Waals surface area contributed by atoms with Gasteiger partial charge in [-0.25, -0.2) is 0 Å². The Kier molecular flexibility index (Phi) is 2.16. The number of aromatic amines is 1. The fraction of sp³-hybridized carbons (Fsp3) is 0.176. The monoisotopic (exact) mass is 264 g/mol. The van der Waals surface area contributed by atoms with Crippen LogP contribution < -0.4 is 0 Å². The topological polar surface area (TPSA) is 39.3 Å². The van der Waals surface area contributed by atoms with Crippen LogP contribution in [0.4, 0.5) is 0 Å². The van der Waals surface area contributed by atoms with E-state index in [0.717, 1.165) is 35.1 Å². The average molecular weight is 264 g/mol. The van der Waals surface area contributed by atoms with Crippen molar-refractivity contribution in [3.05, 3.63) is 53.5 Å². The van der Waals surface area contributed by atoms with Crippen LogP contribution in [0.15, 0.2) is 42.2 Å². The van der Waals surface area contributed by atoms with Crippen molar-refractivity contribution >= 4 is 22.6 Å². The van der Waals surface area contributed by atoms with Crippen molar-refractivity contribution in [1.29, 1.82) is 0 Å². The number of phenols is 1. The predicted octanol–water partition coefficient (Wildman–Crippen LogP) is 3.85. The number of H-pyrrole nitrogens is 1. The van der Waals surface area contributed by atoms with Crippen molar-refractivity contribution in [3.8, 4) is 5.75 Å². The molecule has 0 atom stereocenters. The second kappa shape index (κ2) is 3.79. The molecule has 0 saturated carbocycles. The zero-order valence-corrected chi connectivity index (χ0v) is 11.4. The highest BCUT2D eigenvalue weighted by Gasteiger charge is 2.25. The number of nitrogens with zero attached hydrogens (tertiary/aromatic N) is 1. The Balaban J connectivity index is 2.06. The van der Waals surface area contributed by atoms with Gasteiger partial charge in [-0.05, 0) is 43.2 Å². The lowest BCUT2D eigenvalue weighted by molar-refractivity contribution is 0.476. The molecule has 0 spiro atoms. The predicted molar refractivity (Wildman–Crippen MR) is 82.1 cm³/mol. The lowest BCUT2D eigenvalue weighted by Gasteiger charge is -2.29. The van der Waals surface area contributed by atoms with Crippen molar-refractivity contribution in [2.24, 2.45) is 0 Å². The molecule has 2 aliphatic heterocycles. The molecule has 2 N–H and O–H groups in total. The van der Waals surface area contributed by atoms with Crippen molar-refractivity contribution in [2.45, 2.75) is 13.3 Å². The Morgan fingerprint density at radius 2 is 2.20 bits per heavy atom. The van der Waals surface area contributed by atoms with Gasteiger partial charge < -0.3 is 15.0 Å². The van der Waals surface area contributed by atoms with E-state index in [1.165, 1.54) is 16.8 Å². The van der Waals surface area contributed by atoms with E-state index < -0.39 is 0 Å². The zero-order chi connectivity index (χ0) is 13.9. The minimum absolute atomic E-state index is 0.301. The Labute approximate surface area is 117 Å². The number of benzene rings is 1. The van der Waals surface area contributed by atoms with Crippen LogP contribution in [0.1, 0.15) is 24.6 Å². The lowest BCUT2D eigenvalue weighted by Crippen LogP contribution is -2.22. The fourth-order valence-corrected chi connectivity index (χ4v) is 3.18. The quantitative estimate of drug-likeness (QED) is 0.709. The van der Waals surface area contributed by atoms with E-state index in [1.54, 1.807) is 6.07 Å². The van der Waals surface area contributed by atoms with E-state index in [2.05, 4.69) is 35.7 Å². The Morgan fingerprint density at radius 1 is 1.35 bits per heavy atom. The summed E-state index contributed by atoms with van der Waals surface area (Å²) in [4.78, 5) is 5.74. The number of hydrogen-bond donors (Lipinski definition) is 2. The molecule has 4 rings (SSSR count). The smallest absolute Gasteiger partial charge is 0.116 e. The van der Waals surface area contributed by atoms with Crippen LogP contribution in [0, 0.1) is 0 Å². The molecular weight excluding hydrogens is 248 g/mol. The minimum atomic E-state index is 0.301. The maximum atomic E-state index is 9.73. The number of allylic oxidation sites excluding steroid dienone is 2. The summed E-state index contributed by atoms with van der Waals surface area (Å²) < 4.78 is 0. The summed E-state index contributed by atoms with van der Waals surface area (Å²) in [5.41, 5.74) is 7.18. The largest absolute Gasteiger partial charge is 0.508 e. The highest BCUT2D eigenvalue weighted by Crippen LogP contribution is 2.40. The van der Waals surface area contributed by atoms with E-state index >= 15 is 0 Å². The number of fused-ring (bicyclic) bond motifs is 5. The molecule has 100 valence electrons. The summed E-state index contributed by atoms with van der Waals surface area (Å²) in [6.45, 7) is 7.20. The summed E-state index contributed by atoms with van der Waals surface area (Å²) in [5.74, 6) is 0.301. The van der Waals surface area contributed by atoms with Gasteiger partial charge in [0, 0.05) is 34.9 Å². The van der Waals surface area contributed by atoms with Crippen molar-refractivity contribution in [1.82, 2.24) is 9.88 Å². The van der Waals surface area contributed by atoms with Crippen LogP contribution in [0.3, 0.4) is 0 Å². The Bertz CT molecular complexity index is 808. The van der Waals surface area contributed by atoms with Crippen LogP contribution in [-0.2, 0) is 0 Å². The van der Waals surface area contributed by atoms with Crippen molar-refractivity contribution in [2.75, 3.05) is 6.54 Å². The third-order valence-corrected chi connectivity index (χ3v) is 4.23. The van der Waals surface area contributed by atoms with Crippen LogP contribution in [0.25, 0.3) is 22.6 Å². The fourth-order valence-electron chi connectivity index (χ4n) is 3.18. The van der Waals surface area contributed by atoms with Crippen LogP contribution in [0.5, 0.6) is 5.75 Å². The van der Waals surface area contributed by atoms with Gasteiger partial charge in [-0.2, -0.15) is 0 Å². The lowest BCUT2D eigenvalue weighted by atomic mass is 9.95. The maximum Gasteiger partial charge on any atom is 0.116 e. The van der Waals surface area contributed by atoms with Gasteiger partial charge in [0.25, 0.3) is 0 Å². The molecule has 3 heterocycles. The third-order valence-electron chi connectivity index (χ3n) is 4.23. The Morgan fingerprint density at radius 3 is 3.05 bits per heavy atom. The number of hydrogen-bond acceptors (Lipinski definition) is 2. The van der Waals surface area contributed by atoms with Crippen LogP contribution in [-0.4, -0.2) is 21.5 Å². The number of nitrogens with one attached hydrogen (secondary N) is 1. The summed E-state index contributed by atoms with van der Waals surface area (Å²) in [5, 5.41) is 10.8. The first-order chi connectivity index (χ1) is 9.63. The van der Waals surface area contributed by atoms with Crippen LogP contribution >= 0.6 is 0 Å². The molecule has 2 bridgehead atoms. The van der Waals surface area contributed by atoms with Gasteiger partial charge in [0.1, 0.15) is 5.75 Å². The molecule has 0 fully saturated rings. The van der Waals surface area contributed by atoms with Crippen LogP contribution in [0.2, 0.25) is 0 Å². The van der Waals surface area contributed by atoms with E-state index in [9.17, 15) is 5.11 Å². The maximum absolute atomic E-state index is 9.73. The van der Waals surface area contributed by atoms with E-state index in [-0.39, 0.29) is 0 Å². The van der Waals surface area contributed by atoms with E-state index in [1.807, 2.05) is 12.1 Å². The summed E-state index contributed by atoms with van der Waals surface area (Å²) in [7, 11) is 0. The SMILES string of the molecule is C=C1CC2=C(C)N(C=Cc3c2[nH]c2ccc(O)cc32)C1. The van der Waals surface area contributed by atoms with Gasteiger partial charge >= 0.3 is 0 Å². The standard InChI is InChI=1S/C17H16N2O/c1-10-7-14-11(2)19(9-10)6-5-13-15-8-12(20)3-4-16(15)18-17(13)14/h3-6,8,18,20H,1,7,9H2,2H3. The number of rotatable bonds is 0. The van der Waals surface area contributed by atoms with Gasteiger partial charge in [0.2, 0.25) is 0 Å². The van der Waals surface area contributed by atoms with Gasteiger partial charge in [-0.3, -0.25) is 0 Å². The molecule has 20 heavy (non-hydrogen) atoms. The first kappa shape index (κ1) is 11.4. The number of phenolic OH excluding ortho intramolecular Hbond substituents is 1. The van der Waals surface area contributed by atoms with Gasteiger partial charge in [0.15, 0.2) is 0 Å². The Hall–Kier alpha value is -2.42. The highest BCUT2D eigenvalue weighted by molar-refractivity contribution is 5.97. The second-order valence-electron chi connectivity index (χ2n) is 5.58. The third kappa shape index (κ3) is 1.46. The normalized spacial score (nSPS) is 17.6. The van der Waals surface area contributed by atoms with Gasteiger partial charge in [0.05, 0.1) is 5.69 Å². The molecule has 0 aliphatic carbocycles. The minimum Gasteiger partial charge on any atom is -0.508 e. The molecule has 2 aromatic rings. The molecule has 3 heteroatoms. The van der Waals surface area contributed by atoms with Crippen molar-refractivity contribution in [3.63, 3.8) is 0 Å². The van der Waals surface area contributed by atoms with Crippen molar-refractivity contribution < 1.29 is 5.11 Å². The summed E-state index contributed by atoms with van der Waals surface area (Å²) >= 11 is 0. The average Bonchev–Trinajstić information content (AvgIpc) is 2.74. The molecule has 2 aliphatic rings. The number of aromatic hydroxyl groups is 1. The first-order valence-electron chi connectivity index (χ1n) is 6.80. The first-order valence-corrected chi connectivity index (χ1v) is 6.80. The number of aromatic nitrogens is 1. The molecule has 0 unspecified atom stereocenters.